The van der Waals surface area contributed by atoms with Gasteiger partial charge in [-0.1, -0.05) is 42.0 Å². The fourth-order valence-corrected chi connectivity index (χ4v) is 1.72. The van der Waals surface area contributed by atoms with Crippen LogP contribution >= 0.6 is 0 Å². The molecule has 1 N–H and O–H groups in total. The molecule has 0 radical (unpaired) electrons. The number of hydrogen-bond donors (Lipinski definition) is 1. The van der Waals surface area contributed by atoms with E-state index in [-0.39, 0.29) is 18.0 Å². The van der Waals surface area contributed by atoms with Gasteiger partial charge in [0, 0.05) is 6.07 Å². The Bertz CT molecular complexity index is 653. The summed E-state index contributed by atoms with van der Waals surface area (Å²) >= 11 is 0. The van der Waals surface area contributed by atoms with Crippen molar-refractivity contribution < 1.29 is 14.5 Å². The Hall–Kier alpha value is -2.89. The first kappa shape index (κ1) is 14.5. The third-order valence-corrected chi connectivity index (χ3v) is 2.83. The molecule has 2 aromatic rings. The van der Waals surface area contributed by atoms with E-state index in [0.29, 0.717) is 0 Å². The highest BCUT2D eigenvalue weighted by molar-refractivity contribution is 5.87. The second-order valence-corrected chi connectivity index (χ2v) is 4.46. The molecule has 1 amide bonds. The minimum atomic E-state index is -0.732. The molecule has 0 aliphatic heterocycles. The van der Waals surface area contributed by atoms with Gasteiger partial charge in [-0.05, 0) is 18.6 Å². The van der Waals surface area contributed by atoms with Crippen LogP contribution in [0.1, 0.15) is 11.1 Å². The molecule has 0 aliphatic carbocycles. The normalized spacial score (nSPS) is 9.95. The summed E-state index contributed by atoms with van der Waals surface area (Å²) in [6.07, 6.45) is -0.732. The number of rotatable bonds is 4. The number of amides is 1. The summed E-state index contributed by atoms with van der Waals surface area (Å²) in [6.45, 7) is 2.07. The fraction of sp³-hybridized carbons (Fsp3) is 0.133. The topological polar surface area (TPSA) is 81.5 Å². The molecule has 21 heavy (non-hydrogen) atoms. The van der Waals surface area contributed by atoms with Crippen molar-refractivity contribution in [3.63, 3.8) is 0 Å². The first-order valence-corrected chi connectivity index (χ1v) is 6.29. The number of aryl methyl sites for hydroxylation is 1. The third-order valence-electron chi connectivity index (χ3n) is 2.83. The van der Waals surface area contributed by atoms with E-state index in [4.69, 9.17) is 4.74 Å². The molecule has 0 aromatic heterocycles. The number of nitro groups is 1. The van der Waals surface area contributed by atoms with Crippen molar-refractivity contribution in [3.05, 3.63) is 69.8 Å². The highest BCUT2D eigenvalue weighted by Gasteiger charge is 2.15. The van der Waals surface area contributed by atoms with Crippen molar-refractivity contribution in [2.45, 2.75) is 13.5 Å². The molecule has 0 unspecified atom stereocenters. The first-order chi connectivity index (χ1) is 10.1. The molecular formula is C15H14N2O4. The maximum Gasteiger partial charge on any atom is 0.412 e. The van der Waals surface area contributed by atoms with Crippen molar-refractivity contribution in [2.75, 3.05) is 5.32 Å². The van der Waals surface area contributed by atoms with Gasteiger partial charge in [0.15, 0.2) is 0 Å². The van der Waals surface area contributed by atoms with E-state index in [9.17, 15) is 14.9 Å². The summed E-state index contributed by atoms with van der Waals surface area (Å²) in [5, 5.41) is 13.2. The summed E-state index contributed by atoms with van der Waals surface area (Å²) in [5.74, 6) is 0. The number of anilines is 1. The van der Waals surface area contributed by atoms with Gasteiger partial charge in [-0.3, -0.25) is 15.4 Å². The van der Waals surface area contributed by atoms with E-state index in [0.717, 1.165) is 11.1 Å². The summed E-state index contributed by atoms with van der Waals surface area (Å²) in [5.41, 5.74) is 1.89. The summed E-state index contributed by atoms with van der Waals surface area (Å²) in [6, 6.07) is 13.4. The van der Waals surface area contributed by atoms with Gasteiger partial charge >= 0.3 is 6.09 Å². The van der Waals surface area contributed by atoms with Crippen LogP contribution in [0.25, 0.3) is 0 Å². The largest absolute Gasteiger partial charge is 0.444 e. The average Bonchev–Trinajstić information content (AvgIpc) is 2.47. The Balaban J connectivity index is 1.96. The monoisotopic (exact) mass is 286 g/mol. The van der Waals surface area contributed by atoms with Crippen LogP contribution in [0.5, 0.6) is 0 Å². The van der Waals surface area contributed by atoms with Crippen LogP contribution in [0.3, 0.4) is 0 Å². The molecule has 0 bridgehead atoms. The van der Waals surface area contributed by atoms with Crippen molar-refractivity contribution in [1.29, 1.82) is 0 Å². The van der Waals surface area contributed by atoms with Crippen LogP contribution < -0.4 is 5.32 Å². The van der Waals surface area contributed by atoms with E-state index >= 15 is 0 Å². The zero-order valence-electron chi connectivity index (χ0n) is 11.4. The predicted octanol–water partition coefficient (Wildman–Crippen LogP) is 3.65. The minimum absolute atomic E-state index is 0.104. The number of carbonyl (C=O) groups excluding carboxylic acids is 1. The molecule has 6 heteroatoms. The Labute approximate surface area is 121 Å². The van der Waals surface area contributed by atoms with Gasteiger partial charge in [0.1, 0.15) is 12.3 Å². The molecule has 2 rings (SSSR count). The van der Waals surface area contributed by atoms with Crippen LogP contribution in [0.2, 0.25) is 0 Å². The zero-order valence-corrected chi connectivity index (χ0v) is 11.4. The number of nitro benzene ring substituents is 1. The van der Waals surface area contributed by atoms with Crippen LogP contribution in [-0.4, -0.2) is 11.0 Å². The van der Waals surface area contributed by atoms with E-state index < -0.39 is 11.0 Å². The van der Waals surface area contributed by atoms with Crippen molar-refractivity contribution >= 4 is 17.5 Å². The molecule has 0 heterocycles. The van der Waals surface area contributed by atoms with Gasteiger partial charge in [0.2, 0.25) is 0 Å². The van der Waals surface area contributed by atoms with Crippen LogP contribution in [0.15, 0.2) is 48.5 Å². The number of para-hydroxylation sites is 2. The molecule has 0 aliphatic rings. The van der Waals surface area contributed by atoms with Crippen molar-refractivity contribution in [3.8, 4) is 0 Å². The van der Waals surface area contributed by atoms with Gasteiger partial charge in [-0.25, -0.2) is 4.79 Å². The number of nitrogens with zero attached hydrogens (tertiary/aromatic N) is 1. The highest BCUT2D eigenvalue weighted by atomic mass is 16.6. The molecule has 0 saturated heterocycles. The SMILES string of the molecule is Cc1ccc(COC(=O)Nc2ccccc2[N+](=O)[O-])cc1. The average molecular weight is 286 g/mol. The van der Waals surface area contributed by atoms with Gasteiger partial charge in [0.05, 0.1) is 4.92 Å². The Kier molecular flexibility index (Phi) is 4.50. The third kappa shape index (κ3) is 4.04. The molecule has 6 nitrogen and oxygen atoms in total. The Morgan fingerprint density at radius 3 is 2.52 bits per heavy atom. The molecule has 0 fully saturated rings. The lowest BCUT2D eigenvalue weighted by Gasteiger charge is -2.07. The summed E-state index contributed by atoms with van der Waals surface area (Å²) in [7, 11) is 0. The highest BCUT2D eigenvalue weighted by Crippen LogP contribution is 2.23. The van der Waals surface area contributed by atoms with Crippen LogP contribution in [0, 0.1) is 17.0 Å². The Morgan fingerprint density at radius 1 is 1.19 bits per heavy atom. The number of ether oxygens (including phenoxy) is 1. The summed E-state index contributed by atoms with van der Waals surface area (Å²) in [4.78, 5) is 21.9. The Morgan fingerprint density at radius 2 is 1.86 bits per heavy atom. The van der Waals surface area contributed by atoms with Gasteiger partial charge in [-0.2, -0.15) is 0 Å². The minimum Gasteiger partial charge on any atom is -0.444 e. The van der Waals surface area contributed by atoms with E-state index in [2.05, 4.69) is 5.32 Å². The van der Waals surface area contributed by atoms with E-state index in [1.807, 2.05) is 31.2 Å². The standard InChI is InChI=1S/C15H14N2O4/c1-11-6-8-12(9-7-11)10-21-15(18)16-13-4-2-3-5-14(13)17(19)20/h2-9H,10H2,1H3,(H,16,18). The van der Waals surface area contributed by atoms with Gasteiger partial charge < -0.3 is 4.74 Å². The lowest BCUT2D eigenvalue weighted by Crippen LogP contribution is -2.14. The molecule has 108 valence electrons. The lowest BCUT2D eigenvalue weighted by atomic mass is 10.2. The van der Waals surface area contributed by atoms with E-state index in [1.54, 1.807) is 6.07 Å². The lowest BCUT2D eigenvalue weighted by molar-refractivity contribution is -0.383. The molecular weight excluding hydrogens is 272 g/mol. The maximum absolute atomic E-state index is 11.7. The smallest absolute Gasteiger partial charge is 0.412 e. The predicted molar refractivity (Wildman–Crippen MR) is 78.1 cm³/mol. The molecule has 2 aromatic carbocycles. The van der Waals surface area contributed by atoms with E-state index in [1.165, 1.54) is 18.2 Å². The van der Waals surface area contributed by atoms with Crippen LogP contribution in [-0.2, 0) is 11.3 Å². The number of carbonyl (C=O) groups is 1. The zero-order chi connectivity index (χ0) is 15.2. The first-order valence-electron chi connectivity index (χ1n) is 6.29. The fourth-order valence-electron chi connectivity index (χ4n) is 1.72. The molecule has 0 saturated carbocycles. The second kappa shape index (κ2) is 6.51. The molecule has 0 spiro atoms. The second-order valence-electron chi connectivity index (χ2n) is 4.46. The van der Waals surface area contributed by atoms with Gasteiger partial charge in [0.25, 0.3) is 5.69 Å². The maximum atomic E-state index is 11.7. The quantitative estimate of drug-likeness (QED) is 0.687. The van der Waals surface area contributed by atoms with Gasteiger partial charge in [-0.15, -0.1) is 0 Å². The molecule has 0 atom stereocenters. The van der Waals surface area contributed by atoms with Crippen molar-refractivity contribution in [1.82, 2.24) is 0 Å². The number of hydrogen-bond acceptors (Lipinski definition) is 4. The van der Waals surface area contributed by atoms with Crippen LogP contribution in [0.4, 0.5) is 16.2 Å². The summed E-state index contributed by atoms with van der Waals surface area (Å²) < 4.78 is 5.03. The number of nitrogens with one attached hydrogen (secondary N) is 1. The number of benzene rings is 2. The van der Waals surface area contributed by atoms with Crippen molar-refractivity contribution in [2.24, 2.45) is 0 Å².